The van der Waals surface area contributed by atoms with Gasteiger partial charge < -0.3 is 9.64 Å². The summed E-state index contributed by atoms with van der Waals surface area (Å²) < 4.78 is 7.52. The molecule has 3 rings (SSSR count). The highest BCUT2D eigenvalue weighted by atomic mass is 16.5. The van der Waals surface area contributed by atoms with Gasteiger partial charge in [0.15, 0.2) is 0 Å². The first-order chi connectivity index (χ1) is 13.5. The number of nitrogens with zero attached hydrogens (tertiary/aromatic N) is 4. The Bertz CT molecular complexity index is 920. The number of aryl methyl sites for hydroxylation is 2. The lowest BCUT2D eigenvalue weighted by atomic mass is 10.1. The first-order valence-corrected chi connectivity index (χ1v) is 9.36. The molecule has 1 heterocycles. The SMILES string of the molecule is Cc1ccc(C)c(OCCC(=O)N(C)C(C)c2ccc(-n3cncn3)cc2)c1. The molecule has 0 N–H and O–H groups in total. The van der Waals surface area contributed by atoms with E-state index in [0.29, 0.717) is 13.0 Å². The average Bonchev–Trinajstić information content (AvgIpc) is 3.24. The van der Waals surface area contributed by atoms with Crippen molar-refractivity contribution in [3.8, 4) is 11.4 Å². The fraction of sp³-hybridized carbons (Fsp3) is 0.318. The molecular formula is C22H26N4O2. The minimum Gasteiger partial charge on any atom is -0.493 e. The molecule has 2 aromatic carbocycles. The molecule has 0 aliphatic heterocycles. The Kier molecular flexibility index (Phi) is 6.09. The molecule has 0 fully saturated rings. The van der Waals surface area contributed by atoms with Gasteiger partial charge >= 0.3 is 0 Å². The number of aromatic nitrogens is 3. The molecule has 0 aliphatic carbocycles. The zero-order valence-electron chi connectivity index (χ0n) is 16.8. The van der Waals surface area contributed by atoms with E-state index < -0.39 is 0 Å². The summed E-state index contributed by atoms with van der Waals surface area (Å²) >= 11 is 0. The molecule has 0 aliphatic rings. The van der Waals surface area contributed by atoms with Crippen LogP contribution in [0.25, 0.3) is 5.69 Å². The number of hydrogen-bond acceptors (Lipinski definition) is 4. The largest absolute Gasteiger partial charge is 0.493 e. The number of hydrogen-bond donors (Lipinski definition) is 0. The Labute approximate surface area is 165 Å². The van der Waals surface area contributed by atoms with E-state index in [9.17, 15) is 4.79 Å². The second kappa shape index (κ2) is 8.69. The normalized spacial score (nSPS) is 11.9. The minimum absolute atomic E-state index is 0.0296. The van der Waals surface area contributed by atoms with E-state index in [2.05, 4.69) is 16.1 Å². The van der Waals surface area contributed by atoms with Gasteiger partial charge in [-0.05, 0) is 55.7 Å². The molecular weight excluding hydrogens is 352 g/mol. The van der Waals surface area contributed by atoms with Crippen LogP contribution in [0.4, 0.5) is 0 Å². The van der Waals surface area contributed by atoms with Crippen molar-refractivity contribution in [3.63, 3.8) is 0 Å². The van der Waals surface area contributed by atoms with Crippen molar-refractivity contribution >= 4 is 5.91 Å². The first-order valence-electron chi connectivity index (χ1n) is 9.36. The zero-order chi connectivity index (χ0) is 20.1. The lowest BCUT2D eigenvalue weighted by molar-refractivity contribution is -0.132. The molecule has 28 heavy (non-hydrogen) atoms. The van der Waals surface area contributed by atoms with Gasteiger partial charge in [-0.25, -0.2) is 9.67 Å². The standard InChI is InChI=1S/C22H26N4O2/c1-16-5-6-17(2)21(13-16)28-12-11-22(27)25(4)18(3)19-7-9-20(10-8-19)26-15-23-14-24-26/h5-10,13-15,18H,11-12H2,1-4H3. The molecule has 0 saturated carbocycles. The monoisotopic (exact) mass is 378 g/mol. The van der Waals surface area contributed by atoms with Crippen molar-refractivity contribution in [2.24, 2.45) is 0 Å². The van der Waals surface area contributed by atoms with Crippen molar-refractivity contribution in [3.05, 3.63) is 71.8 Å². The number of carbonyl (C=O) groups is 1. The van der Waals surface area contributed by atoms with Gasteiger partial charge in [0.05, 0.1) is 24.8 Å². The van der Waals surface area contributed by atoms with Crippen LogP contribution < -0.4 is 4.74 Å². The van der Waals surface area contributed by atoms with Crippen LogP contribution >= 0.6 is 0 Å². The molecule has 1 atom stereocenters. The third-order valence-electron chi connectivity index (χ3n) is 4.95. The summed E-state index contributed by atoms with van der Waals surface area (Å²) in [5, 5.41) is 4.12. The van der Waals surface area contributed by atoms with Gasteiger partial charge in [0.2, 0.25) is 5.91 Å². The number of ether oxygens (including phenoxy) is 1. The third-order valence-corrected chi connectivity index (χ3v) is 4.95. The highest BCUT2D eigenvalue weighted by Gasteiger charge is 2.17. The Morgan fingerprint density at radius 3 is 2.61 bits per heavy atom. The summed E-state index contributed by atoms with van der Waals surface area (Å²) in [6.07, 6.45) is 3.50. The Balaban J connectivity index is 1.55. The van der Waals surface area contributed by atoms with Crippen LogP contribution in [0.3, 0.4) is 0 Å². The smallest absolute Gasteiger partial charge is 0.226 e. The summed E-state index contributed by atoms with van der Waals surface area (Å²) in [7, 11) is 1.83. The average molecular weight is 378 g/mol. The van der Waals surface area contributed by atoms with Crippen molar-refractivity contribution in [1.29, 1.82) is 0 Å². The molecule has 3 aromatic rings. The third kappa shape index (κ3) is 4.57. The molecule has 0 saturated heterocycles. The molecule has 0 bridgehead atoms. The maximum absolute atomic E-state index is 12.6. The van der Waals surface area contributed by atoms with Gasteiger partial charge in [-0.3, -0.25) is 4.79 Å². The van der Waals surface area contributed by atoms with Gasteiger partial charge in [-0.15, -0.1) is 0 Å². The van der Waals surface area contributed by atoms with E-state index in [1.807, 2.05) is 64.2 Å². The fourth-order valence-corrected chi connectivity index (χ4v) is 2.97. The molecule has 6 nitrogen and oxygen atoms in total. The van der Waals surface area contributed by atoms with Crippen LogP contribution in [0.2, 0.25) is 0 Å². The second-order valence-electron chi connectivity index (χ2n) is 6.98. The Morgan fingerprint density at radius 1 is 1.18 bits per heavy atom. The summed E-state index contributed by atoms with van der Waals surface area (Å²) in [6.45, 7) is 6.42. The highest BCUT2D eigenvalue weighted by molar-refractivity contribution is 5.76. The summed E-state index contributed by atoms with van der Waals surface area (Å²) in [5.41, 5.74) is 4.22. The van der Waals surface area contributed by atoms with Gasteiger partial charge in [-0.2, -0.15) is 5.10 Å². The van der Waals surface area contributed by atoms with E-state index in [4.69, 9.17) is 4.74 Å². The second-order valence-corrected chi connectivity index (χ2v) is 6.98. The van der Waals surface area contributed by atoms with Gasteiger partial charge in [-0.1, -0.05) is 24.3 Å². The molecule has 0 radical (unpaired) electrons. The molecule has 146 valence electrons. The predicted molar refractivity (Wildman–Crippen MR) is 109 cm³/mol. The maximum Gasteiger partial charge on any atom is 0.226 e. The molecule has 0 spiro atoms. The summed E-state index contributed by atoms with van der Waals surface area (Å²) in [5.74, 6) is 0.894. The van der Waals surface area contributed by atoms with Gasteiger partial charge in [0.1, 0.15) is 18.4 Å². The van der Waals surface area contributed by atoms with E-state index >= 15 is 0 Å². The minimum atomic E-state index is -0.0296. The Hall–Kier alpha value is -3.15. The van der Waals surface area contributed by atoms with Gasteiger partial charge in [0, 0.05) is 7.05 Å². The summed E-state index contributed by atoms with van der Waals surface area (Å²) in [4.78, 5) is 18.3. The van der Waals surface area contributed by atoms with E-state index in [-0.39, 0.29) is 11.9 Å². The van der Waals surface area contributed by atoms with Crippen LogP contribution in [0, 0.1) is 13.8 Å². The summed E-state index contributed by atoms with van der Waals surface area (Å²) in [6, 6.07) is 14.0. The number of rotatable bonds is 7. The quantitative estimate of drug-likeness (QED) is 0.626. The van der Waals surface area contributed by atoms with Crippen LogP contribution in [0.1, 0.15) is 36.1 Å². The van der Waals surface area contributed by atoms with E-state index in [1.165, 1.54) is 6.33 Å². The number of carbonyl (C=O) groups excluding carboxylic acids is 1. The van der Waals surface area contributed by atoms with E-state index in [0.717, 1.165) is 28.1 Å². The van der Waals surface area contributed by atoms with Crippen molar-refractivity contribution in [1.82, 2.24) is 19.7 Å². The van der Waals surface area contributed by atoms with Crippen LogP contribution in [0.5, 0.6) is 5.75 Å². The van der Waals surface area contributed by atoms with Crippen molar-refractivity contribution < 1.29 is 9.53 Å². The molecule has 1 aromatic heterocycles. The Morgan fingerprint density at radius 2 is 1.93 bits per heavy atom. The first kappa shape index (κ1) is 19.6. The highest BCUT2D eigenvalue weighted by Crippen LogP contribution is 2.22. The fourth-order valence-electron chi connectivity index (χ4n) is 2.97. The number of benzene rings is 2. The predicted octanol–water partition coefficient (Wildman–Crippen LogP) is 3.87. The van der Waals surface area contributed by atoms with Crippen LogP contribution in [0.15, 0.2) is 55.1 Å². The van der Waals surface area contributed by atoms with Gasteiger partial charge in [0.25, 0.3) is 0 Å². The molecule has 6 heteroatoms. The van der Waals surface area contributed by atoms with Crippen molar-refractivity contribution in [2.75, 3.05) is 13.7 Å². The molecule has 1 unspecified atom stereocenters. The van der Waals surface area contributed by atoms with Crippen LogP contribution in [-0.2, 0) is 4.79 Å². The lowest BCUT2D eigenvalue weighted by Gasteiger charge is -2.25. The van der Waals surface area contributed by atoms with E-state index in [1.54, 1.807) is 15.9 Å². The zero-order valence-corrected chi connectivity index (χ0v) is 16.8. The molecule has 1 amide bonds. The number of amides is 1. The van der Waals surface area contributed by atoms with Crippen LogP contribution in [-0.4, -0.2) is 39.2 Å². The topological polar surface area (TPSA) is 60.2 Å². The van der Waals surface area contributed by atoms with Crippen molar-refractivity contribution in [2.45, 2.75) is 33.2 Å². The maximum atomic E-state index is 12.6. The lowest BCUT2D eigenvalue weighted by Crippen LogP contribution is -2.30.